The van der Waals surface area contributed by atoms with Crippen molar-refractivity contribution < 1.29 is 47.8 Å². The summed E-state index contributed by atoms with van der Waals surface area (Å²) < 4.78 is 14.4. The van der Waals surface area contributed by atoms with Gasteiger partial charge in [0.2, 0.25) is 23.6 Å². The molecule has 0 aromatic carbocycles. The summed E-state index contributed by atoms with van der Waals surface area (Å²) in [5, 5.41) is 9.31. The first-order chi connectivity index (χ1) is 17.9. The van der Waals surface area contributed by atoms with E-state index in [4.69, 9.17) is 15.2 Å². The molecule has 4 atom stereocenters. The molecule has 0 aliphatic rings. The van der Waals surface area contributed by atoms with Crippen molar-refractivity contribution in [3.8, 4) is 0 Å². The minimum Gasteiger partial charge on any atom is -0.469 e. The summed E-state index contributed by atoms with van der Waals surface area (Å²) in [6, 6.07) is -4.78. The van der Waals surface area contributed by atoms with Crippen LogP contribution >= 0.6 is 0 Å². The number of hydrogen-bond acceptors (Lipinski definition) is 11. The quantitative estimate of drug-likeness (QED) is 0.0878. The number of nitrogens with two attached hydrogens (primary N) is 1. The molecule has 0 aromatic heterocycles. The second kappa shape index (κ2) is 18.4. The van der Waals surface area contributed by atoms with Gasteiger partial charge in [-0.3, -0.25) is 24.0 Å². The van der Waals surface area contributed by atoms with Crippen LogP contribution in [0.2, 0.25) is 0 Å². The summed E-state index contributed by atoms with van der Waals surface area (Å²) in [5.41, 5.74) is 5.47. The van der Waals surface area contributed by atoms with E-state index in [9.17, 15) is 33.6 Å². The van der Waals surface area contributed by atoms with E-state index in [0.717, 1.165) is 7.11 Å². The van der Waals surface area contributed by atoms with Crippen LogP contribution in [0.5, 0.6) is 0 Å². The van der Waals surface area contributed by atoms with Gasteiger partial charge >= 0.3 is 11.9 Å². The van der Waals surface area contributed by atoms with Crippen LogP contribution in [0.1, 0.15) is 33.1 Å². The number of amides is 4. The molecular weight excluding hydrogens is 506 g/mol. The lowest BCUT2D eigenvalue weighted by molar-refractivity contribution is -0.147. The predicted octanol–water partition coefficient (Wildman–Crippen LogP) is -2.79. The molecule has 0 radical (unpaired) electrons. The molecule has 0 rings (SSSR count). The maximum atomic E-state index is 12.8. The second-order valence-electron chi connectivity index (χ2n) is 8.14. The minimum absolute atomic E-state index is 0.00627. The Kier molecular flexibility index (Phi) is 16.5. The fourth-order valence-corrected chi connectivity index (χ4v) is 2.76. The highest BCUT2D eigenvalue weighted by molar-refractivity contribution is 5.95. The topological polar surface area (TPSA) is 221 Å². The molecule has 0 saturated heterocycles. The van der Waals surface area contributed by atoms with Crippen LogP contribution in [-0.4, -0.2) is 99.5 Å². The van der Waals surface area contributed by atoms with E-state index in [1.165, 1.54) is 27.0 Å². The normalized spacial score (nSPS) is 13.5. The van der Waals surface area contributed by atoms with Gasteiger partial charge in [0.05, 0.1) is 32.7 Å². The third-order valence-corrected chi connectivity index (χ3v) is 4.78. The SMILES string of the molecule is C=CCOC(=O)C(CCC(C)=O)NC(=O)C(COC)NC(=O)CNC(=O)C(CC(=O)OC)NC(=O)C(C)N. The monoisotopic (exact) mass is 543 g/mol. The molecule has 15 nitrogen and oxygen atoms in total. The van der Waals surface area contributed by atoms with Crippen molar-refractivity contribution in [3.63, 3.8) is 0 Å². The minimum atomic E-state index is -1.37. The number of rotatable bonds is 18. The molecule has 0 bridgehead atoms. The van der Waals surface area contributed by atoms with E-state index in [0.29, 0.717) is 0 Å². The highest BCUT2D eigenvalue weighted by Crippen LogP contribution is 2.03. The Labute approximate surface area is 220 Å². The van der Waals surface area contributed by atoms with Crippen molar-refractivity contribution in [1.82, 2.24) is 21.3 Å². The Morgan fingerprint density at radius 2 is 1.55 bits per heavy atom. The summed E-state index contributed by atoms with van der Waals surface area (Å²) in [6.45, 7) is 5.11. The Morgan fingerprint density at radius 1 is 0.921 bits per heavy atom. The number of nitrogens with one attached hydrogen (secondary N) is 4. The van der Waals surface area contributed by atoms with Gasteiger partial charge in [-0.2, -0.15) is 0 Å². The Hall–Kier alpha value is -3.85. The standard InChI is InChI=1S/C23H37N5O10/c1-6-9-38-23(35)15(8-7-13(2)29)27-22(34)17(12-36-4)26-18(30)11-25-21(33)16(10-19(31)37-5)28-20(32)14(3)24/h6,14-17H,1,7-12,24H2,2-5H3,(H,25,33)(H,26,30)(H,27,34)(H,28,32). The first-order valence-electron chi connectivity index (χ1n) is 11.6. The fourth-order valence-electron chi connectivity index (χ4n) is 2.76. The van der Waals surface area contributed by atoms with E-state index in [-0.39, 0.29) is 31.8 Å². The van der Waals surface area contributed by atoms with Gasteiger partial charge in [0.15, 0.2) is 0 Å². The van der Waals surface area contributed by atoms with Crippen molar-refractivity contribution in [2.24, 2.45) is 5.73 Å². The largest absolute Gasteiger partial charge is 0.469 e. The van der Waals surface area contributed by atoms with E-state index < -0.39 is 72.7 Å². The molecule has 0 aliphatic carbocycles. The van der Waals surface area contributed by atoms with Crippen LogP contribution in [0.25, 0.3) is 0 Å². The third kappa shape index (κ3) is 14.0. The first-order valence-corrected chi connectivity index (χ1v) is 11.6. The highest BCUT2D eigenvalue weighted by atomic mass is 16.5. The Morgan fingerprint density at radius 3 is 2.08 bits per heavy atom. The van der Waals surface area contributed by atoms with Gasteiger partial charge in [-0.25, -0.2) is 4.79 Å². The number of esters is 2. The maximum Gasteiger partial charge on any atom is 0.328 e. The average molecular weight is 544 g/mol. The fraction of sp³-hybridized carbons (Fsp3) is 0.609. The van der Waals surface area contributed by atoms with Crippen LogP contribution in [0.15, 0.2) is 12.7 Å². The van der Waals surface area contributed by atoms with Gasteiger partial charge in [-0.05, 0) is 20.3 Å². The van der Waals surface area contributed by atoms with Crippen LogP contribution < -0.4 is 27.0 Å². The summed E-state index contributed by atoms with van der Waals surface area (Å²) in [5.74, 6) is -4.99. The molecule has 0 heterocycles. The zero-order valence-electron chi connectivity index (χ0n) is 22.0. The van der Waals surface area contributed by atoms with Gasteiger partial charge < -0.3 is 46.0 Å². The van der Waals surface area contributed by atoms with E-state index in [2.05, 4.69) is 32.6 Å². The van der Waals surface area contributed by atoms with Gasteiger partial charge in [0, 0.05) is 13.5 Å². The van der Waals surface area contributed by atoms with Crippen molar-refractivity contribution in [2.75, 3.05) is 34.0 Å². The number of Topliss-reactive ketones (excluding diaryl/α,β-unsaturated/α-hetero) is 1. The molecular formula is C23H37N5O10. The molecule has 0 aliphatic heterocycles. The average Bonchev–Trinajstić information content (AvgIpc) is 2.86. The van der Waals surface area contributed by atoms with E-state index in [1.807, 2.05) is 0 Å². The van der Waals surface area contributed by atoms with E-state index >= 15 is 0 Å². The summed E-state index contributed by atoms with van der Waals surface area (Å²) in [4.78, 5) is 84.8. The number of carbonyl (C=O) groups is 7. The highest BCUT2D eigenvalue weighted by Gasteiger charge is 2.29. The van der Waals surface area contributed by atoms with Gasteiger partial charge in [0.1, 0.15) is 30.5 Å². The van der Waals surface area contributed by atoms with Crippen LogP contribution in [0, 0.1) is 0 Å². The number of ether oxygens (including phenoxy) is 3. The number of hydrogen-bond donors (Lipinski definition) is 5. The predicted molar refractivity (Wildman–Crippen MR) is 132 cm³/mol. The maximum absolute atomic E-state index is 12.8. The molecule has 38 heavy (non-hydrogen) atoms. The molecule has 4 unspecified atom stereocenters. The number of carbonyl (C=O) groups excluding carboxylic acids is 7. The summed E-state index contributed by atoms with van der Waals surface area (Å²) in [6.07, 6.45) is 0.783. The lowest BCUT2D eigenvalue weighted by Crippen LogP contribution is -2.56. The number of ketones is 1. The summed E-state index contributed by atoms with van der Waals surface area (Å²) in [7, 11) is 2.38. The zero-order chi connectivity index (χ0) is 29.3. The second-order valence-corrected chi connectivity index (χ2v) is 8.14. The van der Waals surface area contributed by atoms with Gasteiger partial charge in [-0.15, -0.1) is 0 Å². The lowest BCUT2D eigenvalue weighted by atomic mass is 10.1. The smallest absolute Gasteiger partial charge is 0.328 e. The summed E-state index contributed by atoms with van der Waals surface area (Å²) >= 11 is 0. The molecule has 4 amide bonds. The van der Waals surface area contributed by atoms with Crippen molar-refractivity contribution in [2.45, 2.75) is 57.3 Å². The Balaban J connectivity index is 5.26. The van der Waals surface area contributed by atoms with Crippen molar-refractivity contribution in [1.29, 1.82) is 0 Å². The van der Waals surface area contributed by atoms with Crippen LogP contribution in [0.3, 0.4) is 0 Å². The molecule has 214 valence electrons. The van der Waals surface area contributed by atoms with Crippen LogP contribution in [-0.2, 0) is 47.8 Å². The van der Waals surface area contributed by atoms with Gasteiger partial charge in [0.25, 0.3) is 0 Å². The first kappa shape index (κ1) is 34.1. The Bertz CT molecular complexity index is 877. The molecule has 6 N–H and O–H groups in total. The zero-order valence-corrected chi connectivity index (χ0v) is 22.0. The van der Waals surface area contributed by atoms with E-state index in [1.54, 1.807) is 0 Å². The third-order valence-electron chi connectivity index (χ3n) is 4.78. The molecule has 0 aromatic rings. The van der Waals surface area contributed by atoms with Crippen LogP contribution in [0.4, 0.5) is 0 Å². The molecule has 0 spiro atoms. The molecule has 15 heteroatoms. The molecule has 0 saturated carbocycles. The number of methoxy groups -OCH3 is 2. The molecule has 0 fully saturated rings. The van der Waals surface area contributed by atoms with Crippen molar-refractivity contribution in [3.05, 3.63) is 12.7 Å². The lowest BCUT2D eigenvalue weighted by Gasteiger charge is -2.22. The van der Waals surface area contributed by atoms with Gasteiger partial charge in [-0.1, -0.05) is 12.7 Å². The van der Waals surface area contributed by atoms with Crippen molar-refractivity contribution >= 4 is 41.4 Å².